The van der Waals surface area contributed by atoms with Crippen molar-refractivity contribution in [3.05, 3.63) is 62.5 Å². The van der Waals surface area contributed by atoms with Gasteiger partial charge < -0.3 is 9.50 Å². The zero-order chi connectivity index (χ0) is 21.6. The van der Waals surface area contributed by atoms with Gasteiger partial charge in [0.2, 0.25) is 5.91 Å². The van der Waals surface area contributed by atoms with E-state index in [0.717, 1.165) is 27.7 Å². The monoisotopic (exact) mass is 466 g/mol. The Balaban J connectivity index is 1.70. The van der Waals surface area contributed by atoms with Gasteiger partial charge >= 0.3 is 10.3 Å². The molecule has 0 aliphatic heterocycles. The maximum Gasteiger partial charge on any atom is 0.380 e. The number of thiazole rings is 2. The summed E-state index contributed by atoms with van der Waals surface area (Å²) >= 11 is 3.04. The summed E-state index contributed by atoms with van der Waals surface area (Å²) in [5.74, 6) is 0.0606. The van der Waals surface area contributed by atoms with Crippen LogP contribution in [0.15, 0.2) is 41.2 Å². The van der Waals surface area contributed by atoms with Crippen LogP contribution in [0, 0.1) is 0 Å². The molecule has 3 rings (SSSR count). The molecule has 2 heterocycles. The van der Waals surface area contributed by atoms with Crippen molar-refractivity contribution in [1.82, 2.24) is 15.3 Å². The number of carbonyl (C=O) groups excluding carboxylic acids is 1. The Morgan fingerprint density at radius 2 is 2.03 bits per heavy atom. The molecule has 3 aromatic rings. The predicted octanol–water partition coefficient (Wildman–Crippen LogP) is 2.78. The number of hydrogen-bond donors (Lipinski definition) is 2. The van der Waals surface area contributed by atoms with E-state index in [4.69, 9.17) is 5.14 Å². The quantitative estimate of drug-likeness (QED) is 0.473. The fourth-order valence-electron chi connectivity index (χ4n) is 2.76. The first-order valence-corrected chi connectivity index (χ1v) is 12.5. The van der Waals surface area contributed by atoms with Gasteiger partial charge in [0.25, 0.3) is 0 Å². The number of nitrogens with one attached hydrogen (secondary N) is 1. The number of aromatic nitrogens is 2. The third-order valence-corrected chi connectivity index (χ3v) is 6.46. The average Bonchev–Trinajstić information content (AvgIpc) is 3.38. The lowest BCUT2D eigenvalue weighted by Gasteiger charge is -2.17. The first-order chi connectivity index (χ1) is 14.3. The van der Waals surface area contributed by atoms with Crippen LogP contribution in [0.2, 0.25) is 0 Å². The van der Waals surface area contributed by atoms with Crippen molar-refractivity contribution in [3.8, 4) is 5.75 Å². The van der Waals surface area contributed by atoms with Crippen molar-refractivity contribution in [2.75, 3.05) is 0 Å². The van der Waals surface area contributed by atoms with E-state index in [-0.39, 0.29) is 17.7 Å². The van der Waals surface area contributed by atoms with Crippen LogP contribution in [0.1, 0.15) is 40.7 Å². The first kappa shape index (κ1) is 22.3. The Kier molecular flexibility index (Phi) is 7.53. The Bertz CT molecular complexity index is 1060. The Hall–Kier alpha value is -2.34. The smallest absolute Gasteiger partial charge is 0.371 e. The molecular weight excluding hydrogens is 444 g/mol. The minimum absolute atomic E-state index is 0.0716. The summed E-state index contributed by atoms with van der Waals surface area (Å²) < 4.78 is 26.8. The number of rotatable bonds is 10. The predicted molar refractivity (Wildman–Crippen MR) is 117 cm³/mol. The second kappa shape index (κ2) is 10.1. The maximum atomic E-state index is 12.5. The van der Waals surface area contributed by atoms with Gasteiger partial charge in [-0.05, 0) is 30.5 Å². The highest BCUT2D eigenvalue weighted by molar-refractivity contribution is 7.84. The Morgan fingerprint density at radius 1 is 1.27 bits per heavy atom. The summed E-state index contributed by atoms with van der Waals surface area (Å²) in [5.41, 5.74) is 1.88. The van der Waals surface area contributed by atoms with E-state index in [0.29, 0.717) is 19.3 Å². The zero-order valence-electron chi connectivity index (χ0n) is 16.3. The highest BCUT2D eigenvalue weighted by Crippen LogP contribution is 2.24. The van der Waals surface area contributed by atoms with Crippen molar-refractivity contribution in [1.29, 1.82) is 0 Å². The van der Waals surface area contributed by atoms with Crippen LogP contribution in [0.4, 0.5) is 0 Å². The third-order valence-electron chi connectivity index (χ3n) is 4.19. The van der Waals surface area contributed by atoms with E-state index >= 15 is 0 Å². The van der Waals surface area contributed by atoms with Gasteiger partial charge in [0.15, 0.2) is 0 Å². The number of amides is 1. The molecule has 0 aliphatic rings. The van der Waals surface area contributed by atoms with Crippen LogP contribution in [0.5, 0.6) is 5.75 Å². The Labute approximate surface area is 183 Å². The molecule has 0 radical (unpaired) electrons. The molecule has 8 nitrogen and oxygen atoms in total. The molecule has 1 amide bonds. The van der Waals surface area contributed by atoms with E-state index in [1.807, 2.05) is 17.7 Å². The van der Waals surface area contributed by atoms with Gasteiger partial charge in [0.05, 0.1) is 16.7 Å². The zero-order valence-corrected chi connectivity index (χ0v) is 18.7. The number of benzene rings is 1. The summed E-state index contributed by atoms with van der Waals surface area (Å²) in [6, 6.07) is 6.25. The SMILES string of the molecule is CCc1csc(C(Cc2ccc(OS(N)(=O)=O)cc2)NC(=O)CCc2nccs2)n1. The molecule has 30 heavy (non-hydrogen) atoms. The van der Waals surface area contributed by atoms with Crippen molar-refractivity contribution < 1.29 is 17.4 Å². The molecule has 1 unspecified atom stereocenters. The molecule has 0 aliphatic carbocycles. The largest absolute Gasteiger partial charge is 0.380 e. The topological polar surface area (TPSA) is 124 Å². The lowest BCUT2D eigenvalue weighted by molar-refractivity contribution is -0.121. The van der Waals surface area contributed by atoms with Gasteiger partial charge in [-0.1, -0.05) is 19.1 Å². The van der Waals surface area contributed by atoms with Crippen LogP contribution in [0.3, 0.4) is 0 Å². The molecule has 0 bridgehead atoms. The number of nitrogens with zero attached hydrogens (tertiary/aromatic N) is 2. The molecule has 2 aromatic heterocycles. The number of nitrogens with two attached hydrogens (primary N) is 1. The van der Waals surface area contributed by atoms with Crippen molar-refractivity contribution in [3.63, 3.8) is 0 Å². The molecule has 1 aromatic carbocycles. The average molecular weight is 467 g/mol. The van der Waals surface area contributed by atoms with Gasteiger partial charge in [-0.15, -0.1) is 22.7 Å². The fourth-order valence-corrected chi connectivity index (χ4v) is 4.71. The number of carbonyl (C=O) groups is 1. The van der Waals surface area contributed by atoms with Crippen LogP contribution in [-0.4, -0.2) is 24.3 Å². The van der Waals surface area contributed by atoms with E-state index < -0.39 is 10.3 Å². The Morgan fingerprint density at radius 3 is 2.63 bits per heavy atom. The molecule has 0 spiro atoms. The number of hydrogen-bond acceptors (Lipinski definition) is 8. The molecule has 0 saturated carbocycles. The van der Waals surface area contributed by atoms with Crippen LogP contribution in [0.25, 0.3) is 0 Å². The summed E-state index contributed by atoms with van der Waals surface area (Å²) in [5, 5.41) is 13.6. The molecule has 3 N–H and O–H groups in total. The lowest BCUT2D eigenvalue weighted by atomic mass is 10.1. The summed E-state index contributed by atoms with van der Waals surface area (Å²) in [6.07, 6.45) is 3.99. The van der Waals surface area contributed by atoms with Crippen molar-refractivity contribution in [2.24, 2.45) is 5.14 Å². The summed E-state index contributed by atoms with van der Waals surface area (Å²) in [4.78, 5) is 21.4. The second-order valence-electron chi connectivity index (χ2n) is 6.50. The molecular formula is C19H22N4O4S3. The van der Waals surface area contributed by atoms with Crippen molar-refractivity contribution >= 4 is 38.9 Å². The van der Waals surface area contributed by atoms with Crippen LogP contribution >= 0.6 is 22.7 Å². The molecule has 11 heteroatoms. The van der Waals surface area contributed by atoms with Crippen molar-refractivity contribution in [2.45, 2.75) is 38.6 Å². The minimum Gasteiger partial charge on any atom is -0.371 e. The van der Waals surface area contributed by atoms with Crippen LogP contribution in [-0.2, 0) is 34.4 Å². The van der Waals surface area contributed by atoms with E-state index in [9.17, 15) is 13.2 Å². The normalized spacial score (nSPS) is 12.5. The highest BCUT2D eigenvalue weighted by Gasteiger charge is 2.19. The molecule has 1 atom stereocenters. The van der Waals surface area contributed by atoms with Gasteiger partial charge in [0, 0.05) is 29.8 Å². The first-order valence-electron chi connectivity index (χ1n) is 9.25. The van der Waals surface area contributed by atoms with Gasteiger partial charge in [-0.3, -0.25) is 4.79 Å². The second-order valence-corrected chi connectivity index (χ2v) is 9.52. The maximum absolute atomic E-state index is 12.5. The van der Waals surface area contributed by atoms with Gasteiger partial charge in [-0.2, -0.15) is 13.6 Å². The highest BCUT2D eigenvalue weighted by atomic mass is 32.2. The molecule has 0 fully saturated rings. The summed E-state index contributed by atoms with van der Waals surface area (Å²) in [6.45, 7) is 2.03. The third kappa shape index (κ3) is 6.87. The lowest BCUT2D eigenvalue weighted by Crippen LogP contribution is -2.30. The van der Waals surface area contributed by atoms with E-state index in [1.54, 1.807) is 18.3 Å². The minimum atomic E-state index is -4.07. The van der Waals surface area contributed by atoms with E-state index in [1.165, 1.54) is 34.8 Å². The standard InChI is InChI=1S/C19H22N4O4S3/c1-2-14-12-29-19(22-14)16(23-17(24)7-8-18-21-9-10-28-18)11-13-3-5-15(6-4-13)27-30(20,25)26/h3-6,9-10,12,16H,2,7-8,11H2,1H3,(H,23,24)(H2,20,25,26). The fraction of sp³-hybridized carbons (Fsp3) is 0.316. The molecule has 0 saturated heterocycles. The van der Waals surface area contributed by atoms with Crippen LogP contribution < -0.4 is 14.6 Å². The van der Waals surface area contributed by atoms with Gasteiger partial charge in [0.1, 0.15) is 10.8 Å². The molecule has 160 valence electrons. The van der Waals surface area contributed by atoms with E-state index in [2.05, 4.69) is 19.5 Å². The van der Waals surface area contributed by atoms with Gasteiger partial charge in [-0.25, -0.2) is 9.97 Å². The summed E-state index contributed by atoms with van der Waals surface area (Å²) in [7, 11) is -4.07. The number of aryl methyl sites for hydroxylation is 2.